The van der Waals surface area contributed by atoms with E-state index in [4.69, 9.17) is 33.2 Å². The highest BCUT2D eigenvalue weighted by Gasteiger charge is 2.30. The van der Waals surface area contributed by atoms with Crippen molar-refractivity contribution < 1.29 is 14.3 Å². The van der Waals surface area contributed by atoms with Crippen LogP contribution in [0.4, 0.5) is 0 Å². The van der Waals surface area contributed by atoms with Gasteiger partial charge in [-0.25, -0.2) is 4.79 Å². The third kappa shape index (κ3) is 4.36. The molecule has 7 heteroatoms. The smallest absolute Gasteiger partial charge is 0.341 e. The number of ether oxygens (including phenoxy) is 1. The lowest BCUT2D eigenvalue weighted by Gasteiger charge is -2.27. The molecular formula is C15H16Cl2N2O3. The maximum absolute atomic E-state index is 11.9. The molecule has 0 unspecified atom stereocenters. The molecular weight excluding hydrogens is 327 g/mol. The van der Waals surface area contributed by atoms with Gasteiger partial charge in [-0.2, -0.15) is 5.26 Å². The van der Waals surface area contributed by atoms with Crippen LogP contribution in [0.25, 0.3) is 0 Å². The van der Waals surface area contributed by atoms with Crippen molar-refractivity contribution in [1.82, 2.24) is 5.32 Å². The number of nitrogens with one attached hydrogen (secondary N) is 1. The Morgan fingerprint density at radius 1 is 1.36 bits per heavy atom. The first-order valence-electron chi connectivity index (χ1n) is 6.54. The Morgan fingerprint density at radius 2 is 1.91 bits per heavy atom. The van der Waals surface area contributed by atoms with Crippen LogP contribution < -0.4 is 5.32 Å². The van der Waals surface area contributed by atoms with E-state index in [1.807, 2.05) is 6.07 Å². The van der Waals surface area contributed by atoms with Crippen LogP contribution in [0.1, 0.15) is 31.1 Å². The quantitative estimate of drug-likeness (QED) is 0.833. The third-order valence-electron chi connectivity index (χ3n) is 3.29. The molecule has 1 N–H and O–H groups in total. The van der Waals surface area contributed by atoms with Crippen LogP contribution in [-0.2, 0) is 9.53 Å². The van der Waals surface area contributed by atoms with E-state index in [0.29, 0.717) is 0 Å². The molecule has 0 aromatic heterocycles. The summed E-state index contributed by atoms with van der Waals surface area (Å²) in [6.07, 6.45) is 0. The summed E-state index contributed by atoms with van der Waals surface area (Å²) >= 11 is 11.8. The fourth-order valence-corrected chi connectivity index (χ4v) is 2.07. The minimum Gasteiger partial charge on any atom is -0.452 e. The van der Waals surface area contributed by atoms with Crippen LogP contribution in [-0.4, -0.2) is 24.0 Å². The van der Waals surface area contributed by atoms with Crippen LogP contribution >= 0.6 is 23.2 Å². The number of nitriles is 1. The maximum atomic E-state index is 11.9. The maximum Gasteiger partial charge on any atom is 0.341 e. The van der Waals surface area contributed by atoms with Gasteiger partial charge in [0.1, 0.15) is 5.54 Å². The van der Waals surface area contributed by atoms with Crippen LogP contribution in [0.2, 0.25) is 10.0 Å². The van der Waals surface area contributed by atoms with Gasteiger partial charge in [0.05, 0.1) is 21.7 Å². The van der Waals surface area contributed by atoms with Gasteiger partial charge in [0.15, 0.2) is 6.61 Å². The minimum absolute atomic E-state index is 0.00513. The largest absolute Gasteiger partial charge is 0.452 e. The number of halogens is 2. The summed E-state index contributed by atoms with van der Waals surface area (Å²) in [5.41, 5.74) is -1.03. The molecule has 1 atom stereocenters. The average Bonchev–Trinajstić information content (AvgIpc) is 2.44. The predicted octanol–water partition coefficient (Wildman–Crippen LogP) is 3.20. The van der Waals surface area contributed by atoms with Crippen molar-refractivity contribution in [2.24, 2.45) is 5.92 Å². The molecule has 0 saturated carbocycles. The van der Waals surface area contributed by atoms with Gasteiger partial charge in [-0.1, -0.05) is 43.1 Å². The van der Waals surface area contributed by atoms with Crippen LogP contribution in [0.5, 0.6) is 0 Å². The van der Waals surface area contributed by atoms with E-state index in [9.17, 15) is 9.59 Å². The Balaban J connectivity index is 2.69. The molecule has 1 rings (SSSR count). The molecule has 0 heterocycles. The predicted molar refractivity (Wildman–Crippen MR) is 83.7 cm³/mol. The zero-order valence-corrected chi connectivity index (χ0v) is 14.0. The van der Waals surface area contributed by atoms with Crippen molar-refractivity contribution in [2.45, 2.75) is 26.3 Å². The molecule has 0 aliphatic rings. The highest BCUT2D eigenvalue weighted by Crippen LogP contribution is 2.24. The highest BCUT2D eigenvalue weighted by molar-refractivity contribution is 6.39. The molecule has 22 heavy (non-hydrogen) atoms. The van der Waals surface area contributed by atoms with Crippen molar-refractivity contribution >= 4 is 35.1 Å². The Labute approximate surface area is 139 Å². The number of benzene rings is 1. The molecule has 0 radical (unpaired) electrons. The first-order chi connectivity index (χ1) is 10.2. The van der Waals surface area contributed by atoms with Crippen molar-refractivity contribution in [3.8, 4) is 6.07 Å². The normalized spacial score (nSPS) is 13.1. The topological polar surface area (TPSA) is 79.2 Å². The third-order valence-corrected chi connectivity index (χ3v) is 3.92. The molecule has 1 aromatic carbocycles. The minimum atomic E-state index is -1.04. The van der Waals surface area contributed by atoms with Crippen LogP contribution in [0.15, 0.2) is 18.2 Å². The lowest BCUT2D eigenvalue weighted by atomic mass is 9.90. The Bertz CT molecular complexity index is 605. The van der Waals surface area contributed by atoms with Gasteiger partial charge in [-0.15, -0.1) is 0 Å². The number of rotatable bonds is 5. The van der Waals surface area contributed by atoms with Gasteiger partial charge >= 0.3 is 5.97 Å². The zero-order valence-electron chi connectivity index (χ0n) is 12.4. The number of carbonyl (C=O) groups is 2. The van der Waals surface area contributed by atoms with E-state index < -0.39 is 24.0 Å². The monoisotopic (exact) mass is 342 g/mol. The van der Waals surface area contributed by atoms with E-state index >= 15 is 0 Å². The second-order valence-electron chi connectivity index (χ2n) is 5.19. The molecule has 5 nitrogen and oxygen atoms in total. The second kappa shape index (κ2) is 7.48. The summed E-state index contributed by atoms with van der Waals surface area (Å²) in [7, 11) is 0. The summed E-state index contributed by atoms with van der Waals surface area (Å²) in [5, 5.41) is 11.9. The summed E-state index contributed by atoms with van der Waals surface area (Å²) in [6, 6.07) is 6.62. The van der Waals surface area contributed by atoms with Gasteiger partial charge < -0.3 is 10.1 Å². The number of hydrogen-bond donors (Lipinski definition) is 1. The Hall–Kier alpha value is -1.77. The molecule has 0 spiro atoms. The van der Waals surface area contributed by atoms with Gasteiger partial charge in [-0.05, 0) is 25.0 Å². The van der Waals surface area contributed by atoms with Crippen LogP contribution in [0.3, 0.4) is 0 Å². The van der Waals surface area contributed by atoms with Crippen molar-refractivity contribution in [1.29, 1.82) is 5.26 Å². The van der Waals surface area contributed by atoms with E-state index in [2.05, 4.69) is 5.32 Å². The van der Waals surface area contributed by atoms with E-state index in [1.165, 1.54) is 12.1 Å². The Kier molecular flexibility index (Phi) is 6.21. The lowest BCUT2D eigenvalue weighted by Crippen LogP contribution is -2.50. The lowest BCUT2D eigenvalue weighted by molar-refractivity contribution is -0.125. The zero-order chi connectivity index (χ0) is 16.9. The summed E-state index contributed by atoms with van der Waals surface area (Å²) < 4.78 is 4.89. The van der Waals surface area contributed by atoms with Gasteiger partial charge in [-0.3, -0.25) is 4.79 Å². The fraction of sp³-hybridized carbons (Fsp3) is 0.400. The number of hydrogen-bond acceptors (Lipinski definition) is 4. The van der Waals surface area contributed by atoms with Gasteiger partial charge in [0, 0.05) is 0 Å². The molecule has 1 amide bonds. The van der Waals surface area contributed by atoms with Crippen molar-refractivity contribution in [3.05, 3.63) is 33.8 Å². The SMILES string of the molecule is CC(C)[C@](C)(C#N)NC(=O)COC(=O)c1c(Cl)cccc1Cl. The molecule has 0 bridgehead atoms. The van der Waals surface area contributed by atoms with E-state index in [1.54, 1.807) is 26.8 Å². The number of carbonyl (C=O) groups excluding carboxylic acids is 2. The molecule has 0 aliphatic heterocycles. The first kappa shape index (κ1) is 18.3. The number of esters is 1. The summed E-state index contributed by atoms with van der Waals surface area (Å²) in [5.74, 6) is -1.47. The average molecular weight is 343 g/mol. The summed E-state index contributed by atoms with van der Waals surface area (Å²) in [4.78, 5) is 23.7. The molecule has 1 aromatic rings. The van der Waals surface area contributed by atoms with E-state index in [-0.39, 0.29) is 21.5 Å². The molecule has 0 saturated heterocycles. The Morgan fingerprint density at radius 3 is 2.36 bits per heavy atom. The van der Waals surface area contributed by atoms with Crippen molar-refractivity contribution in [2.75, 3.05) is 6.61 Å². The summed E-state index contributed by atoms with van der Waals surface area (Å²) in [6.45, 7) is 4.69. The van der Waals surface area contributed by atoms with E-state index in [0.717, 1.165) is 0 Å². The first-order valence-corrected chi connectivity index (χ1v) is 7.30. The number of amides is 1. The highest BCUT2D eigenvalue weighted by atomic mass is 35.5. The number of nitrogens with zero attached hydrogens (tertiary/aromatic N) is 1. The standard InChI is InChI=1S/C15H16Cl2N2O3/c1-9(2)15(3,8-18)19-12(20)7-22-14(21)13-10(16)5-4-6-11(13)17/h4-6,9H,7H2,1-3H3,(H,19,20)/t15-/m0/s1. The fourth-order valence-electron chi connectivity index (χ4n) is 1.52. The molecule has 0 aliphatic carbocycles. The second-order valence-corrected chi connectivity index (χ2v) is 6.00. The van der Waals surface area contributed by atoms with Crippen molar-refractivity contribution in [3.63, 3.8) is 0 Å². The van der Waals surface area contributed by atoms with Crippen LogP contribution in [0, 0.1) is 17.2 Å². The molecule has 118 valence electrons. The van der Waals surface area contributed by atoms with Gasteiger partial charge in [0.25, 0.3) is 5.91 Å². The van der Waals surface area contributed by atoms with Gasteiger partial charge in [0.2, 0.25) is 0 Å². The molecule has 0 fully saturated rings.